The number of nitrogens with zero attached hydrogens (tertiary/aromatic N) is 1. The number of hydrogen-bond donors (Lipinski definition) is 2. The molecule has 0 saturated heterocycles. The fraction of sp³-hybridized carbons (Fsp3) is 0.417. The molecule has 2 N–H and O–H groups in total. The van der Waals surface area contributed by atoms with Gasteiger partial charge in [-0.3, -0.25) is 4.79 Å². The molecule has 1 aliphatic heterocycles. The molecule has 0 aliphatic carbocycles. The van der Waals surface area contributed by atoms with Crippen LogP contribution >= 0.6 is 12.6 Å². The predicted octanol–water partition coefficient (Wildman–Crippen LogP) is 1.36. The summed E-state index contributed by atoms with van der Waals surface area (Å²) in [6.45, 7) is 0.103. The normalized spacial score (nSPS) is 16.4. The molecule has 92 valence electrons. The summed E-state index contributed by atoms with van der Waals surface area (Å²) < 4.78 is 5.35. The van der Waals surface area contributed by atoms with Gasteiger partial charge in [0.1, 0.15) is 5.75 Å². The molecular formula is C12H16N2O2S. The van der Waals surface area contributed by atoms with Crippen molar-refractivity contribution in [1.29, 1.82) is 0 Å². The average molecular weight is 252 g/mol. The zero-order valence-corrected chi connectivity index (χ0v) is 10.6. The molecule has 1 aromatic rings. The average Bonchev–Trinajstić information content (AvgIpc) is 2.34. The van der Waals surface area contributed by atoms with Gasteiger partial charge in [0.2, 0.25) is 0 Å². The molecule has 1 aromatic carbocycles. The van der Waals surface area contributed by atoms with E-state index in [0.29, 0.717) is 0 Å². The lowest BCUT2D eigenvalue weighted by atomic mass is 10.0. The number of rotatable bonds is 3. The predicted molar refractivity (Wildman–Crippen MR) is 70.7 cm³/mol. The number of benzene rings is 1. The molecule has 1 unspecified atom stereocenters. The van der Waals surface area contributed by atoms with Gasteiger partial charge in [-0.2, -0.15) is 12.6 Å². The van der Waals surface area contributed by atoms with E-state index in [2.05, 4.69) is 12.6 Å². The maximum atomic E-state index is 11.5. The Balaban J connectivity index is 2.32. The van der Waals surface area contributed by atoms with Crippen LogP contribution in [0.15, 0.2) is 18.2 Å². The highest BCUT2D eigenvalue weighted by molar-refractivity contribution is 7.80. The fourth-order valence-electron chi connectivity index (χ4n) is 1.83. The van der Waals surface area contributed by atoms with Crippen LogP contribution in [0.2, 0.25) is 0 Å². The smallest absolute Gasteiger partial charge is 0.264 e. The number of nitrogens with two attached hydrogens (primary N) is 1. The van der Waals surface area contributed by atoms with Crippen molar-refractivity contribution in [3.05, 3.63) is 23.8 Å². The Morgan fingerprint density at radius 1 is 1.59 bits per heavy atom. The molecule has 0 spiro atoms. The van der Waals surface area contributed by atoms with E-state index in [-0.39, 0.29) is 18.6 Å². The molecule has 1 heterocycles. The van der Waals surface area contributed by atoms with Crippen LogP contribution in [0.5, 0.6) is 5.75 Å². The topological polar surface area (TPSA) is 55.6 Å². The number of carbonyl (C=O) groups is 1. The summed E-state index contributed by atoms with van der Waals surface area (Å²) in [5, 5.41) is 0. The van der Waals surface area contributed by atoms with Crippen molar-refractivity contribution in [2.45, 2.75) is 12.5 Å². The van der Waals surface area contributed by atoms with Crippen LogP contribution in [-0.4, -0.2) is 25.3 Å². The highest BCUT2D eigenvalue weighted by Crippen LogP contribution is 2.33. The third kappa shape index (κ3) is 2.40. The lowest BCUT2D eigenvalue weighted by molar-refractivity contribution is -0.120. The van der Waals surface area contributed by atoms with E-state index in [0.717, 1.165) is 29.2 Å². The number of ether oxygens (including phenoxy) is 1. The van der Waals surface area contributed by atoms with Crippen molar-refractivity contribution in [2.24, 2.45) is 5.73 Å². The largest absolute Gasteiger partial charge is 0.482 e. The first-order valence-corrected chi connectivity index (χ1v) is 6.16. The van der Waals surface area contributed by atoms with E-state index in [1.54, 1.807) is 11.9 Å². The first-order chi connectivity index (χ1) is 8.13. The molecule has 1 amide bonds. The molecule has 0 aromatic heterocycles. The van der Waals surface area contributed by atoms with Gasteiger partial charge >= 0.3 is 0 Å². The van der Waals surface area contributed by atoms with Crippen molar-refractivity contribution in [2.75, 3.05) is 24.3 Å². The molecule has 1 atom stereocenters. The highest BCUT2D eigenvalue weighted by atomic mass is 32.1. The Hall–Kier alpha value is -1.20. The van der Waals surface area contributed by atoms with Gasteiger partial charge in [-0.05, 0) is 29.9 Å². The van der Waals surface area contributed by atoms with Crippen molar-refractivity contribution in [3.63, 3.8) is 0 Å². The van der Waals surface area contributed by atoms with E-state index in [1.807, 2.05) is 18.2 Å². The van der Waals surface area contributed by atoms with Crippen LogP contribution in [0.1, 0.15) is 18.0 Å². The van der Waals surface area contributed by atoms with E-state index >= 15 is 0 Å². The quantitative estimate of drug-likeness (QED) is 0.799. The van der Waals surface area contributed by atoms with Crippen molar-refractivity contribution < 1.29 is 9.53 Å². The van der Waals surface area contributed by atoms with E-state index < -0.39 is 0 Å². The van der Waals surface area contributed by atoms with Gasteiger partial charge < -0.3 is 15.4 Å². The van der Waals surface area contributed by atoms with Crippen LogP contribution in [-0.2, 0) is 4.79 Å². The fourth-order valence-corrected chi connectivity index (χ4v) is 2.10. The number of anilines is 1. The third-order valence-electron chi connectivity index (χ3n) is 2.94. The monoisotopic (exact) mass is 252 g/mol. The number of likely N-dealkylation sites (N-methyl/N-ethyl adjacent to an activating group) is 1. The van der Waals surface area contributed by atoms with Gasteiger partial charge in [-0.1, -0.05) is 6.07 Å². The Labute approximate surface area is 106 Å². The second-order valence-electron chi connectivity index (χ2n) is 4.09. The van der Waals surface area contributed by atoms with Crippen molar-refractivity contribution in [3.8, 4) is 5.75 Å². The molecular weight excluding hydrogens is 236 g/mol. The maximum Gasteiger partial charge on any atom is 0.264 e. The van der Waals surface area contributed by atoms with Gasteiger partial charge in [0.25, 0.3) is 5.91 Å². The summed E-state index contributed by atoms with van der Waals surface area (Å²) >= 11 is 4.17. The second-order valence-corrected chi connectivity index (χ2v) is 4.53. The number of fused-ring (bicyclic) bond motifs is 1. The summed E-state index contributed by atoms with van der Waals surface area (Å²) in [7, 11) is 1.75. The van der Waals surface area contributed by atoms with Crippen LogP contribution in [0.25, 0.3) is 0 Å². The molecule has 1 aliphatic rings. The molecule has 5 heteroatoms. The minimum Gasteiger partial charge on any atom is -0.482 e. The number of carbonyl (C=O) groups excluding carboxylic acids is 1. The summed E-state index contributed by atoms with van der Waals surface area (Å²) in [6, 6.07) is 5.67. The Morgan fingerprint density at radius 3 is 3.06 bits per heavy atom. The number of hydrogen-bond acceptors (Lipinski definition) is 4. The minimum atomic E-state index is -0.0526. The minimum absolute atomic E-state index is 0.0441. The van der Waals surface area contributed by atoms with Gasteiger partial charge in [0.15, 0.2) is 6.61 Å². The van der Waals surface area contributed by atoms with Gasteiger partial charge in [0, 0.05) is 13.1 Å². The van der Waals surface area contributed by atoms with Gasteiger partial charge in [-0.25, -0.2) is 0 Å². The second kappa shape index (κ2) is 4.98. The van der Waals surface area contributed by atoms with E-state index in [1.165, 1.54) is 0 Å². The summed E-state index contributed by atoms with van der Waals surface area (Å²) in [4.78, 5) is 13.1. The Kier molecular flexibility index (Phi) is 3.59. The number of amides is 1. The SMILES string of the molecule is CN1C(=O)COc2ccc(C(N)CCS)cc21. The third-order valence-corrected chi connectivity index (χ3v) is 3.20. The van der Waals surface area contributed by atoms with Crippen molar-refractivity contribution >= 4 is 24.2 Å². The maximum absolute atomic E-state index is 11.5. The molecule has 17 heavy (non-hydrogen) atoms. The zero-order chi connectivity index (χ0) is 12.4. The van der Waals surface area contributed by atoms with Gasteiger partial charge in [-0.15, -0.1) is 0 Å². The molecule has 0 bridgehead atoms. The van der Waals surface area contributed by atoms with Crippen LogP contribution in [0.4, 0.5) is 5.69 Å². The molecule has 0 radical (unpaired) electrons. The van der Waals surface area contributed by atoms with Crippen LogP contribution in [0.3, 0.4) is 0 Å². The lowest BCUT2D eigenvalue weighted by Crippen LogP contribution is -2.35. The first kappa shape index (κ1) is 12.3. The molecule has 4 nitrogen and oxygen atoms in total. The molecule has 2 rings (SSSR count). The number of thiol groups is 1. The first-order valence-electron chi connectivity index (χ1n) is 5.53. The zero-order valence-electron chi connectivity index (χ0n) is 9.72. The summed E-state index contributed by atoms with van der Waals surface area (Å²) in [5.74, 6) is 1.43. The summed E-state index contributed by atoms with van der Waals surface area (Å²) in [6.07, 6.45) is 0.806. The summed E-state index contributed by atoms with van der Waals surface area (Å²) in [5.41, 5.74) is 7.81. The highest BCUT2D eigenvalue weighted by Gasteiger charge is 2.22. The molecule has 0 fully saturated rings. The Morgan fingerprint density at radius 2 is 2.35 bits per heavy atom. The van der Waals surface area contributed by atoms with Crippen LogP contribution in [0, 0.1) is 0 Å². The van der Waals surface area contributed by atoms with Crippen molar-refractivity contribution in [1.82, 2.24) is 0 Å². The standard InChI is InChI=1S/C12H16N2O2S/c1-14-10-6-8(9(13)4-5-17)2-3-11(10)16-7-12(14)15/h2-3,6,9,17H,4-5,7,13H2,1H3. The van der Waals surface area contributed by atoms with Gasteiger partial charge in [0.05, 0.1) is 5.69 Å². The van der Waals surface area contributed by atoms with E-state index in [9.17, 15) is 4.79 Å². The molecule has 0 saturated carbocycles. The Bertz CT molecular complexity index is 437. The van der Waals surface area contributed by atoms with E-state index in [4.69, 9.17) is 10.5 Å². The van der Waals surface area contributed by atoms with Crippen LogP contribution < -0.4 is 15.4 Å². The lowest BCUT2D eigenvalue weighted by Gasteiger charge is -2.27.